The van der Waals surface area contributed by atoms with Gasteiger partial charge in [0.1, 0.15) is 0 Å². The van der Waals surface area contributed by atoms with Crippen molar-refractivity contribution in [2.75, 3.05) is 6.54 Å². The first-order valence-electron chi connectivity index (χ1n) is 5.27. The summed E-state index contributed by atoms with van der Waals surface area (Å²) in [5.41, 5.74) is 7.35. The maximum absolute atomic E-state index is 11.6. The van der Waals surface area contributed by atoms with Crippen LogP contribution in [0.4, 0.5) is 0 Å². The lowest BCUT2D eigenvalue weighted by molar-refractivity contribution is 0.0941. The largest absolute Gasteiger partial charge is 0.348 e. The molecular weight excluding hydrogens is 188 g/mol. The van der Waals surface area contributed by atoms with E-state index in [9.17, 15) is 4.79 Å². The van der Waals surface area contributed by atoms with Crippen LogP contribution < -0.4 is 11.1 Å². The van der Waals surface area contributed by atoms with Crippen LogP contribution in [0, 0.1) is 0 Å². The number of rotatable bonds is 4. The molecule has 0 saturated heterocycles. The molecule has 0 aliphatic heterocycles. The van der Waals surface area contributed by atoms with Gasteiger partial charge in [0, 0.05) is 18.2 Å². The zero-order valence-electron chi connectivity index (χ0n) is 9.29. The maximum Gasteiger partial charge on any atom is 0.251 e. The molecular formula is C12H18N2O. The Bertz CT molecular complexity index is 319. The third kappa shape index (κ3) is 3.36. The average Bonchev–Trinajstić information content (AvgIpc) is 2.29. The van der Waals surface area contributed by atoms with E-state index in [2.05, 4.69) is 12.2 Å². The number of aryl methyl sites for hydroxylation is 1. The van der Waals surface area contributed by atoms with Crippen molar-refractivity contribution in [3.05, 3.63) is 35.4 Å². The molecule has 0 aliphatic rings. The standard InChI is InChI=1S/C12H18N2O/c1-3-10-4-6-11(7-5-10)12(15)14-9(2)8-13/h4-7,9H,3,8,13H2,1-2H3,(H,14,15)/t9-/m1/s1. The number of hydrogen-bond donors (Lipinski definition) is 2. The van der Waals surface area contributed by atoms with Crippen molar-refractivity contribution in [2.45, 2.75) is 26.3 Å². The van der Waals surface area contributed by atoms with E-state index in [0.717, 1.165) is 6.42 Å². The summed E-state index contributed by atoms with van der Waals surface area (Å²) in [4.78, 5) is 11.6. The highest BCUT2D eigenvalue weighted by atomic mass is 16.1. The molecule has 0 unspecified atom stereocenters. The molecule has 0 heterocycles. The molecule has 0 aliphatic carbocycles. The van der Waals surface area contributed by atoms with Crippen molar-refractivity contribution in [1.29, 1.82) is 0 Å². The molecule has 0 aromatic heterocycles. The molecule has 0 radical (unpaired) electrons. The number of benzene rings is 1. The topological polar surface area (TPSA) is 55.1 Å². The number of nitrogens with one attached hydrogen (secondary N) is 1. The highest BCUT2D eigenvalue weighted by Crippen LogP contribution is 2.05. The van der Waals surface area contributed by atoms with E-state index in [1.54, 1.807) is 0 Å². The maximum atomic E-state index is 11.6. The van der Waals surface area contributed by atoms with Crippen LogP contribution in [-0.4, -0.2) is 18.5 Å². The lowest BCUT2D eigenvalue weighted by atomic mass is 10.1. The quantitative estimate of drug-likeness (QED) is 0.780. The van der Waals surface area contributed by atoms with Gasteiger partial charge in [0.05, 0.1) is 0 Å². The zero-order valence-corrected chi connectivity index (χ0v) is 9.29. The molecule has 1 atom stereocenters. The second-order valence-electron chi connectivity index (χ2n) is 3.66. The van der Waals surface area contributed by atoms with E-state index >= 15 is 0 Å². The molecule has 1 amide bonds. The fraction of sp³-hybridized carbons (Fsp3) is 0.417. The smallest absolute Gasteiger partial charge is 0.251 e. The van der Waals surface area contributed by atoms with Crippen molar-refractivity contribution >= 4 is 5.91 Å². The van der Waals surface area contributed by atoms with E-state index < -0.39 is 0 Å². The fourth-order valence-electron chi connectivity index (χ4n) is 1.26. The summed E-state index contributed by atoms with van der Waals surface area (Å²) < 4.78 is 0. The van der Waals surface area contributed by atoms with E-state index in [4.69, 9.17) is 5.73 Å². The number of carbonyl (C=O) groups is 1. The molecule has 1 aromatic carbocycles. The second-order valence-corrected chi connectivity index (χ2v) is 3.66. The van der Waals surface area contributed by atoms with Gasteiger partial charge in [-0.15, -0.1) is 0 Å². The third-order valence-corrected chi connectivity index (χ3v) is 2.36. The van der Waals surface area contributed by atoms with Crippen molar-refractivity contribution in [3.8, 4) is 0 Å². The Hall–Kier alpha value is -1.35. The Labute approximate surface area is 90.7 Å². The van der Waals surface area contributed by atoms with Crippen LogP contribution in [-0.2, 0) is 6.42 Å². The van der Waals surface area contributed by atoms with Gasteiger partial charge in [-0.05, 0) is 31.0 Å². The minimum atomic E-state index is -0.0596. The molecule has 3 heteroatoms. The SMILES string of the molecule is CCc1ccc(C(=O)N[C@H](C)CN)cc1. The van der Waals surface area contributed by atoms with Gasteiger partial charge in [-0.25, -0.2) is 0 Å². The number of carbonyl (C=O) groups excluding carboxylic acids is 1. The Morgan fingerprint density at radius 1 is 1.40 bits per heavy atom. The summed E-state index contributed by atoms with van der Waals surface area (Å²) in [6.07, 6.45) is 0.987. The molecule has 0 spiro atoms. The van der Waals surface area contributed by atoms with Gasteiger partial charge < -0.3 is 11.1 Å². The zero-order chi connectivity index (χ0) is 11.3. The third-order valence-electron chi connectivity index (χ3n) is 2.36. The van der Waals surface area contributed by atoms with Crippen molar-refractivity contribution in [3.63, 3.8) is 0 Å². The van der Waals surface area contributed by atoms with E-state index in [-0.39, 0.29) is 11.9 Å². The summed E-state index contributed by atoms with van der Waals surface area (Å²) in [5, 5.41) is 2.82. The van der Waals surface area contributed by atoms with Gasteiger partial charge in [-0.3, -0.25) is 4.79 Å². The predicted molar refractivity (Wildman–Crippen MR) is 61.8 cm³/mol. The normalized spacial score (nSPS) is 12.2. The lowest BCUT2D eigenvalue weighted by Gasteiger charge is -2.11. The summed E-state index contributed by atoms with van der Waals surface area (Å²) >= 11 is 0. The average molecular weight is 206 g/mol. The Balaban J connectivity index is 2.66. The monoisotopic (exact) mass is 206 g/mol. The van der Waals surface area contributed by atoms with Crippen molar-refractivity contribution in [2.24, 2.45) is 5.73 Å². The second kappa shape index (κ2) is 5.51. The van der Waals surface area contributed by atoms with Crippen LogP contribution in [0.3, 0.4) is 0 Å². The summed E-state index contributed by atoms with van der Waals surface area (Å²) in [6.45, 7) is 4.43. The number of hydrogen-bond acceptors (Lipinski definition) is 2. The van der Waals surface area contributed by atoms with Crippen molar-refractivity contribution in [1.82, 2.24) is 5.32 Å². The Morgan fingerprint density at radius 3 is 2.47 bits per heavy atom. The lowest BCUT2D eigenvalue weighted by Crippen LogP contribution is -2.37. The van der Waals surface area contributed by atoms with Gasteiger partial charge >= 0.3 is 0 Å². The van der Waals surface area contributed by atoms with Gasteiger partial charge in [0.2, 0.25) is 0 Å². The Kier molecular flexibility index (Phi) is 4.31. The summed E-state index contributed by atoms with van der Waals surface area (Å²) in [7, 11) is 0. The van der Waals surface area contributed by atoms with Crippen LogP contribution in [0.2, 0.25) is 0 Å². The van der Waals surface area contributed by atoms with Crippen LogP contribution in [0.5, 0.6) is 0 Å². The van der Waals surface area contributed by atoms with Gasteiger partial charge in [0.15, 0.2) is 0 Å². The molecule has 0 bridgehead atoms. The Morgan fingerprint density at radius 2 is 2.00 bits per heavy atom. The first kappa shape index (κ1) is 11.7. The van der Waals surface area contributed by atoms with E-state index in [0.29, 0.717) is 12.1 Å². The minimum Gasteiger partial charge on any atom is -0.348 e. The van der Waals surface area contributed by atoms with E-state index in [1.807, 2.05) is 31.2 Å². The minimum absolute atomic E-state index is 0.0170. The van der Waals surface area contributed by atoms with Gasteiger partial charge in [0.25, 0.3) is 5.91 Å². The molecule has 1 rings (SSSR count). The number of amides is 1. The van der Waals surface area contributed by atoms with Crippen LogP contribution in [0.15, 0.2) is 24.3 Å². The fourth-order valence-corrected chi connectivity index (χ4v) is 1.26. The van der Waals surface area contributed by atoms with Crippen LogP contribution in [0.1, 0.15) is 29.8 Å². The molecule has 82 valence electrons. The molecule has 1 aromatic rings. The van der Waals surface area contributed by atoms with Crippen LogP contribution in [0.25, 0.3) is 0 Å². The summed E-state index contributed by atoms with van der Waals surface area (Å²) in [6, 6.07) is 7.65. The van der Waals surface area contributed by atoms with E-state index in [1.165, 1.54) is 5.56 Å². The predicted octanol–water partition coefficient (Wildman–Crippen LogP) is 1.33. The summed E-state index contributed by atoms with van der Waals surface area (Å²) in [5.74, 6) is -0.0596. The highest BCUT2D eigenvalue weighted by Gasteiger charge is 2.07. The molecule has 3 N–H and O–H groups in total. The first-order chi connectivity index (χ1) is 7.17. The highest BCUT2D eigenvalue weighted by molar-refractivity contribution is 5.94. The van der Waals surface area contributed by atoms with Gasteiger partial charge in [-0.2, -0.15) is 0 Å². The van der Waals surface area contributed by atoms with Crippen LogP contribution >= 0.6 is 0 Å². The van der Waals surface area contributed by atoms with Crippen molar-refractivity contribution < 1.29 is 4.79 Å². The molecule has 3 nitrogen and oxygen atoms in total. The molecule has 0 fully saturated rings. The first-order valence-corrected chi connectivity index (χ1v) is 5.27. The molecule has 15 heavy (non-hydrogen) atoms. The molecule has 0 saturated carbocycles. The van der Waals surface area contributed by atoms with Gasteiger partial charge in [-0.1, -0.05) is 19.1 Å². The number of nitrogens with two attached hydrogens (primary N) is 1.